The number of hydrogen-bond donors (Lipinski definition) is 1. The number of ether oxygens (including phenoxy) is 1. The third-order valence-electron chi connectivity index (χ3n) is 4.01. The fraction of sp³-hybridized carbons (Fsp3) is 0.500. The summed E-state index contributed by atoms with van der Waals surface area (Å²) in [7, 11) is 0. The van der Waals surface area contributed by atoms with E-state index < -0.39 is 6.36 Å². The minimum atomic E-state index is -4.72. The Labute approximate surface area is 119 Å². The van der Waals surface area contributed by atoms with Gasteiger partial charge in [0, 0.05) is 31.7 Å². The van der Waals surface area contributed by atoms with E-state index in [2.05, 4.69) is 10.1 Å². The number of benzene rings is 1. The first-order chi connectivity index (χ1) is 9.92. The van der Waals surface area contributed by atoms with Crippen molar-refractivity contribution in [3.63, 3.8) is 0 Å². The Morgan fingerprint density at radius 2 is 1.71 bits per heavy atom. The summed E-state index contributed by atoms with van der Waals surface area (Å²) < 4.78 is 40.0. The molecule has 2 heterocycles. The minimum Gasteiger partial charge on any atom is -0.406 e. The molecule has 0 aromatic heterocycles. The van der Waals surface area contributed by atoms with Gasteiger partial charge in [0.2, 0.25) is 0 Å². The highest BCUT2D eigenvalue weighted by Gasteiger charge is 2.38. The van der Waals surface area contributed by atoms with E-state index in [1.54, 1.807) is 4.90 Å². The number of rotatable bonds is 2. The maximum absolute atomic E-state index is 12.3. The van der Waals surface area contributed by atoms with Gasteiger partial charge in [0.15, 0.2) is 0 Å². The maximum atomic E-state index is 12.3. The molecule has 0 aliphatic carbocycles. The van der Waals surface area contributed by atoms with Gasteiger partial charge in [0.05, 0.1) is 0 Å². The van der Waals surface area contributed by atoms with Crippen LogP contribution < -0.4 is 10.1 Å². The van der Waals surface area contributed by atoms with E-state index in [1.807, 2.05) is 0 Å². The Hall–Kier alpha value is -1.76. The van der Waals surface area contributed by atoms with Crippen molar-refractivity contribution in [3.05, 3.63) is 29.8 Å². The molecule has 2 saturated heterocycles. The van der Waals surface area contributed by atoms with E-state index in [9.17, 15) is 18.0 Å². The van der Waals surface area contributed by atoms with Gasteiger partial charge in [-0.05, 0) is 36.1 Å². The number of fused-ring (bicyclic) bond motifs is 1. The van der Waals surface area contributed by atoms with E-state index in [0.29, 0.717) is 30.5 Å². The summed E-state index contributed by atoms with van der Waals surface area (Å²) in [6, 6.07) is 5.07. The minimum absolute atomic E-state index is 0.136. The molecule has 4 nitrogen and oxygen atoms in total. The number of carbonyl (C=O) groups is 1. The van der Waals surface area contributed by atoms with Gasteiger partial charge in [0.1, 0.15) is 5.75 Å². The summed E-state index contributed by atoms with van der Waals surface area (Å²) >= 11 is 0. The number of hydrogen-bond acceptors (Lipinski definition) is 3. The van der Waals surface area contributed by atoms with Gasteiger partial charge < -0.3 is 15.0 Å². The molecule has 1 N–H and O–H groups in total. The Kier molecular flexibility index (Phi) is 3.52. The number of nitrogens with one attached hydrogen (secondary N) is 1. The molecule has 2 aliphatic rings. The van der Waals surface area contributed by atoms with Crippen LogP contribution in [-0.4, -0.2) is 43.3 Å². The highest BCUT2D eigenvalue weighted by atomic mass is 19.4. The molecule has 7 heteroatoms. The van der Waals surface area contributed by atoms with Crippen LogP contribution in [0.1, 0.15) is 10.4 Å². The fourth-order valence-corrected chi connectivity index (χ4v) is 3.00. The third-order valence-corrected chi connectivity index (χ3v) is 4.01. The Bertz CT molecular complexity index is 518. The van der Waals surface area contributed by atoms with Crippen molar-refractivity contribution in [2.75, 3.05) is 26.2 Å². The van der Waals surface area contributed by atoms with E-state index in [4.69, 9.17) is 0 Å². The molecule has 3 rings (SSSR count). The van der Waals surface area contributed by atoms with E-state index in [-0.39, 0.29) is 11.7 Å². The van der Waals surface area contributed by atoms with Crippen LogP contribution in [0.15, 0.2) is 24.3 Å². The summed E-state index contributed by atoms with van der Waals surface area (Å²) in [6.07, 6.45) is -4.72. The smallest absolute Gasteiger partial charge is 0.406 e. The lowest BCUT2D eigenvalue weighted by Gasteiger charge is -2.17. The SMILES string of the molecule is O=C(c1ccc(OC(F)(F)F)cc1)N1C[C@H]2CNC[C@H]2C1. The molecule has 1 aromatic carbocycles. The molecule has 21 heavy (non-hydrogen) atoms. The van der Waals surface area contributed by atoms with Gasteiger partial charge in [-0.3, -0.25) is 4.79 Å². The van der Waals surface area contributed by atoms with Gasteiger partial charge in [-0.2, -0.15) is 0 Å². The van der Waals surface area contributed by atoms with Crippen LogP contribution in [0.25, 0.3) is 0 Å². The topological polar surface area (TPSA) is 41.6 Å². The number of likely N-dealkylation sites (tertiary alicyclic amines) is 1. The summed E-state index contributed by atoms with van der Waals surface area (Å²) in [5.41, 5.74) is 0.387. The quantitative estimate of drug-likeness (QED) is 0.906. The zero-order chi connectivity index (χ0) is 15.0. The molecule has 2 atom stereocenters. The van der Waals surface area contributed by atoms with E-state index in [0.717, 1.165) is 13.1 Å². The lowest BCUT2D eigenvalue weighted by molar-refractivity contribution is -0.274. The van der Waals surface area contributed by atoms with E-state index >= 15 is 0 Å². The summed E-state index contributed by atoms with van der Waals surface area (Å²) in [5.74, 6) is 0.521. The Morgan fingerprint density at radius 1 is 1.14 bits per heavy atom. The second-order valence-corrected chi connectivity index (χ2v) is 5.46. The standard InChI is InChI=1S/C14H15F3N2O2/c15-14(16,17)21-12-3-1-9(2-4-12)13(20)19-7-10-5-18-6-11(10)8-19/h1-4,10-11,18H,5-8H2/t10-,11+. The molecule has 2 aliphatic heterocycles. The molecular formula is C14H15F3N2O2. The van der Waals surface area contributed by atoms with Gasteiger partial charge in [-0.1, -0.05) is 0 Å². The largest absolute Gasteiger partial charge is 0.573 e. The molecule has 1 amide bonds. The van der Waals surface area contributed by atoms with Crippen molar-refractivity contribution in [1.29, 1.82) is 0 Å². The van der Waals surface area contributed by atoms with Gasteiger partial charge in [0.25, 0.3) is 5.91 Å². The summed E-state index contributed by atoms with van der Waals surface area (Å²) in [5, 5.41) is 3.29. The summed E-state index contributed by atoms with van der Waals surface area (Å²) in [6.45, 7) is 3.26. The zero-order valence-electron chi connectivity index (χ0n) is 11.2. The van der Waals surface area contributed by atoms with Crippen molar-refractivity contribution in [2.24, 2.45) is 11.8 Å². The van der Waals surface area contributed by atoms with Crippen molar-refractivity contribution >= 4 is 5.91 Å². The number of carbonyl (C=O) groups excluding carboxylic acids is 1. The third kappa shape index (κ3) is 3.12. The van der Waals surface area contributed by atoms with Gasteiger partial charge in [-0.25, -0.2) is 0 Å². The average molecular weight is 300 g/mol. The van der Waals surface area contributed by atoms with Crippen molar-refractivity contribution < 1.29 is 22.7 Å². The average Bonchev–Trinajstić information content (AvgIpc) is 2.97. The van der Waals surface area contributed by atoms with Crippen LogP contribution in [0.5, 0.6) is 5.75 Å². The highest BCUT2D eigenvalue weighted by molar-refractivity contribution is 5.94. The predicted octanol–water partition coefficient (Wildman–Crippen LogP) is 1.88. The van der Waals surface area contributed by atoms with E-state index in [1.165, 1.54) is 24.3 Å². The molecule has 0 spiro atoms. The van der Waals surface area contributed by atoms with Crippen molar-refractivity contribution in [2.45, 2.75) is 6.36 Å². The fourth-order valence-electron chi connectivity index (χ4n) is 3.00. The number of halogens is 3. The molecule has 0 unspecified atom stereocenters. The van der Waals surface area contributed by atoms with Crippen LogP contribution in [0.3, 0.4) is 0 Å². The number of nitrogens with zero attached hydrogens (tertiary/aromatic N) is 1. The second kappa shape index (κ2) is 5.22. The first-order valence-electron chi connectivity index (χ1n) is 6.78. The summed E-state index contributed by atoms with van der Waals surface area (Å²) in [4.78, 5) is 14.1. The van der Waals surface area contributed by atoms with Crippen LogP contribution in [-0.2, 0) is 0 Å². The van der Waals surface area contributed by atoms with Crippen molar-refractivity contribution in [1.82, 2.24) is 10.2 Å². The molecule has 0 bridgehead atoms. The highest BCUT2D eigenvalue weighted by Crippen LogP contribution is 2.28. The molecule has 114 valence electrons. The van der Waals surface area contributed by atoms with Gasteiger partial charge >= 0.3 is 6.36 Å². The van der Waals surface area contributed by atoms with Gasteiger partial charge in [-0.15, -0.1) is 13.2 Å². The number of alkyl halides is 3. The first kappa shape index (κ1) is 14.2. The van der Waals surface area contributed by atoms with Crippen LogP contribution in [0.4, 0.5) is 13.2 Å². The molecule has 0 saturated carbocycles. The van der Waals surface area contributed by atoms with Crippen LogP contribution in [0.2, 0.25) is 0 Å². The normalized spacial score (nSPS) is 25.0. The predicted molar refractivity (Wildman–Crippen MR) is 68.9 cm³/mol. The van der Waals surface area contributed by atoms with Crippen LogP contribution >= 0.6 is 0 Å². The molecule has 0 radical (unpaired) electrons. The van der Waals surface area contributed by atoms with Crippen molar-refractivity contribution in [3.8, 4) is 5.75 Å². The zero-order valence-corrected chi connectivity index (χ0v) is 11.2. The lowest BCUT2D eigenvalue weighted by Crippen LogP contribution is -2.31. The molecule has 1 aromatic rings. The maximum Gasteiger partial charge on any atom is 0.573 e. The van der Waals surface area contributed by atoms with Crippen LogP contribution in [0, 0.1) is 11.8 Å². The molecular weight excluding hydrogens is 285 g/mol. The molecule has 2 fully saturated rings. The second-order valence-electron chi connectivity index (χ2n) is 5.46. The lowest BCUT2D eigenvalue weighted by atomic mass is 10.0. The number of amides is 1. The first-order valence-corrected chi connectivity index (χ1v) is 6.78. The monoisotopic (exact) mass is 300 g/mol. The Morgan fingerprint density at radius 3 is 2.24 bits per heavy atom. The Balaban J connectivity index is 1.65.